The van der Waals surface area contributed by atoms with Gasteiger partial charge in [-0.3, -0.25) is 9.00 Å². The summed E-state index contributed by atoms with van der Waals surface area (Å²) in [5.74, 6) is 1.65. The van der Waals surface area contributed by atoms with Crippen molar-refractivity contribution >= 4 is 28.0 Å². The molecule has 2 rings (SSSR count). The summed E-state index contributed by atoms with van der Waals surface area (Å²) >= 11 is 1.49. The SMILES string of the molecule is CCc1nc(C)c(C(=O)N2CCS(=O)CC(C)C2)s1. The lowest BCUT2D eigenvalue weighted by atomic mass is 10.2. The minimum absolute atomic E-state index is 0.0560. The molecule has 1 aliphatic rings. The van der Waals surface area contributed by atoms with Crippen LogP contribution in [0.5, 0.6) is 0 Å². The molecule has 1 aliphatic heterocycles. The molecule has 4 nitrogen and oxygen atoms in total. The zero-order valence-electron chi connectivity index (χ0n) is 11.6. The minimum atomic E-state index is -0.789. The van der Waals surface area contributed by atoms with Gasteiger partial charge in [0.15, 0.2) is 0 Å². The summed E-state index contributed by atoms with van der Waals surface area (Å²) in [7, 11) is -0.789. The monoisotopic (exact) mass is 300 g/mol. The predicted octanol–water partition coefficient (Wildman–Crippen LogP) is 1.85. The Morgan fingerprint density at radius 3 is 2.95 bits per heavy atom. The molecule has 0 N–H and O–H groups in total. The standard InChI is InChI=1S/C13H20N2O2S2/c1-4-11-14-10(3)12(18-11)13(16)15-5-6-19(17)8-9(2)7-15/h9H,4-8H2,1-3H3. The fraction of sp³-hybridized carbons (Fsp3) is 0.692. The second-order valence-corrected chi connectivity index (χ2v) is 7.75. The number of aryl methyl sites for hydroxylation is 2. The van der Waals surface area contributed by atoms with E-state index in [1.54, 1.807) is 0 Å². The molecule has 0 radical (unpaired) electrons. The third kappa shape index (κ3) is 3.42. The number of carbonyl (C=O) groups excluding carboxylic acids is 1. The Morgan fingerprint density at radius 2 is 2.32 bits per heavy atom. The first kappa shape index (κ1) is 14.7. The van der Waals surface area contributed by atoms with E-state index in [-0.39, 0.29) is 5.91 Å². The van der Waals surface area contributed by atoms with E-state index in [1.807, 2.05) is 18.7 Å². The third-order valence-corrected chi connectivity index (χ3v) is 6.08. The zero-order valence-corrected chi connectivity index (χ0v) is 13.3. The Bertz CT molecular complexity index is 499. The van der Waals surface area contributed by atoms with E-state index < -0.39 is 10.8 Å². The second kappa shape index (κ2) is 6.13. The summed E-state index contributed by atoms with van der Waals surface area (Å²) in [6, 6.07) is 0. The molecule has 1 saturated heterocycles. The smallest absolute Gasteiger partial charge is 0.265 e. The van der Waals surface area contributed by atoms with E-state index in [0.717, 1.165) is 22.0 Å². The largest absolute Gasteiger partial charge is 0.337 e. The number of amides is 1. The molecule has 19 heavy (non-hydrogen) atoms. The highest BCUT2D eigenvalue weighted by atomic mass is 32.2. The fourth-order valence-electron chi connectivity index (χ4n) is 2.26. The van der Waals surface area contributed by atoms with Crippen molar-refractivity contribution in [3.05, 3.63) is 15.6 Å². The van der Waals surface area contributed by atoms with Gasteiger partial charge in [-0.05, 0) is 19.3 Å². The van der Waals surface area contributed by atoms with Crippen molar-refractivity contribution in [2.75, 3.05) is 24.6 Å². The molecule has 1 amide bonds. The van der Waals surface area contributed by atoms with Crippen LogP contribution in [-0.4, -0.2) is 44.6 Å². The molecule has 1 aromatic rings. The van der Waals surface area contributed by atoms with Crippen LogP contribution in [0.4, 0.5) is 0 Å². The predicted molar refractivity (Wildman–Crippen MR) is 79.2 cm³/mol. The second-order valence-electron chi connectivity index (χ2n) is 5.04. The third-order valence-electron chi connectivity index (χ3n) is 3.22. The molecule has 6 heteroatoms. The molecule has 0 bridgehead atoms. The van der Waals surface area contributed by atoms with Gasteiger partial charge in [0, 0.05) is 35.4 Å². The highest BCUT2D eigenvalue weighted by Gasteiger charge is 2.26. The first-order valence-corrected chi connectivity index (χ1v) is 8.92. The van der Waals surface area contributed by atoms with Gasteiger partial charge < -0.3 is 4.90 Å². The van der Waals surface area contributed by atoms with Gasteiger partial charge in [0.25, 0.3) is 5.91 Å². The molecule has 106 valence electrons. The van der Waals surface area contributed by atoms with Crippen molar-refractivity contribution in [1.29, 1.82) is 0 Å². The number of hydrogen-bond acceptors (Lipinski definition) is 4. The lowest BCUT2D eigenvalue weighted by Crippen LogP contribution is -2.35. The van der Waals surface area contributed by atoms with Crippen molar-refractivity contribution in [3.8, 4) is 0 Å². The van der Waals surface area contributed by atoms with Crippen LogP contribution in [0.3, 0.4) is 0 Å². The number of rotatable bonds is 2. The Hall–Kier alpha value is -0.750. The van der Waals surface area contributed by atoms with Crippen molar-refractivity contribution < 1.29 is 9.00 Å². The first-order chi connectivity index (χ1) is 9.01. The normalized spacial score (nSPS) is 24.3. The van der Waals surface area contributed by atoms with Crippen molar-refractivity contribution in [2.45, 2.75) is 27.2 Å². The van der Waals surface area contributed by atoms with Crippen molar-refractivity contribution in [2.24, 2.45) is 5.92 Å². The van der Waals surface area contributed by atoms with Crippen molar-refractivity contribution in [1.82, 2.24) is 9.88 Å². The summed E-state index contributed by atoms with van der Waals surface area (Å²) in [5.41, 5.74) is 0.824. The van der Waals surface area contributed by atoms with Gasteiger partial charge in [-0.25, -0.2) is 4.98 Å². The van der Waals surface area contributed by atoms with Gasteiger partial charge in [0.05, 0.1) is 10.7 Å². The van der Waals surface area contributed by atoms with E-state index in [9.17, 15) is 9.00 Å². The quantitative estimate of drug-likeness (QED) is 0.837. The number of thiazole rings is 1. The number of nitrogens with zero attached hydrogens (tertiary/aromatic N) is 2. The van der Waals surface area contributed by atoms with E-state index in [2.05, 4.69) is 11.9 Å². The molecule has 2 heterocycles. The fourth-order valence-corrected chi connectivity index (χ4v) is 4.57. The molecule has 0 spiro atoms. The summed E-state index contributed by atoms with van der Waals surface area (Å²) in [4.78, 5) is 19.6. The van der Waals surface area contributed by atoms with Crippen LogP contribution < -0.4 is 0 Å². The van der Waals surface area contributed by atoms with Gasteiger partial charge in [-0.15, -0.1) is 11.3 Å². The maximum Gasteiger partial charge on any atom is 0.265 e. The molecule has 2 unspecified atom stereocenters. The molecule has 2 atom stereocenters. The van der Waals surface area contributed by atoms with Crippen LogP contribution in [0.2, 0.25) is 0 Å². The molecule has 1 aromatic heterocycles. The molecule has 0 aromatic carbocycles. The van der Waals surface area contributed by atoms with Crippen LogP contribution in [0.25, 0.3) is 0 Å². The lowest BCUT2D eigenvalue weighted by Gasteiger charge is -2.21. The highest BCUT2D eigenvalue weighted by molar-refractivity contribution is 7.85. The van der Waals surface area contributed by atoms with Crippen LogP contribution in [0, 0.1) is 12.8 Å². The number of aromatic nitrogens is 1. The summed E-state index contributed by atoms with van der Waals surface area (Å²) in [6.45, 7) is 7.28. The van der Waals surface area contributed by atoms with Crippen LogP contribution >= 0.6 is 11.3 Å². The van der Waals surface area contributed by atoms with Crippen LogP contribution in [0.15, 0.2) is 0 Å². The van der Waals surface area contributed by atoms with E-state index >= 15 is 0 Å². The van der Waals surface area contributed by atoms with Gasteiger partial charge in [0.1, 0.15) is 4.88 Å². The maximum atomic E-state index is 12.6. The lowest BCUT2D eigenvalue weighted by molar-refractivity contribution is 0.0755. The van der Waals surface area contributed by atoms with E-state index in [0.29, 0.717) is 30.5 Å². The first-order valence-electron chi connectivity index (χ1n) is 6.61. The van der Waals surface area contributed by atoms with Crippen molar-refractivity contribution in [3.63, 3.8) is 0 Å². The minimum Gasteiger partial charge on any atom is -0.337 e. The Kier molecular flexibility index (Phi) is 4.73. The topological polar surface area (TPSA) is 50.3 Å². The molecular formula is C13H20N2O2S2. The summed E-state index contributed by atoms with van der Waals surface area (Å²) < 4.78 is 11.7. The van der Waals surface area contributed by atoms with Crippen LogP contribution in [0.1, 0.15) is 34.2 Å². The van der Waals surface area contributed by atoms with E-state index in [4.69, 9.17) is 0 Å². The maximum absolute atomic E-state index is 12.6. The number of carbonyl (C=O) groups is 1. The Balaban J connectivity index is 2.18. The van der Waals surface area contributed by atoms with Gasteiger partial charge in [0.2, 0.25) is 0 Å². The molecule has 1 fully saturated rings. The highest BCUT2D eigenvalue weighted by Crippen LogP contribution is 2.21. The van der Waals surface area contributed by atoms with Gasteiger partial charge in [-0.1, -0.05) is 13.8 Å². The summed E-state index contributed by atoms with van der Waals surface area (Å²) in [5, 5.41) is 1.01. The summed E-state index contributed by atoms with van der Waals surface area (Å²) in [6.07, 6.45) is 0.860. The zero-order chi connectivity index (χ0) is 14.0. The Labute approximate surface area is 120 Å². The molecular weight excluding hydrogens is 280 g/mol. The van der Waals surface area contributed by atoms with Crippen LogP contribution in [-0.2, 0) is 17.2 Å². The molecule has 0 saturated carbocycles. The average Bonchev–Trinajstić information content (AvgIpc) is 2.65. The van der Waals surface area contributed by atoms with Gasteiger partial charge >= 0.3 is 0 Å². The average molecular weight is 300 g/mol. The number of hydrogen-bond donors (Lipinski definition) is 0. The molecule has 0 aliphatic carbocycles. The van der Waals surface area contributed by atoms with Gasteiger partial charge in [-0.2, -0.15) is 0 Å². The Morgan fingerprint density at radius 1 is 1.58 bits per heavy atom. The van der Waals surface area contributed by atoms with E-state index in [1.165, 1.54) is 11.3 Å².